The third-order valence-electron chi connectivity index (χ3n) is 4.62. The molecule has 0 aliphatic rings. The van der Waals surface area contributed by atoms with Crippen LogP contribution in [0.25, 0.3) is 0 Å². The molecule has 0 radical (unpaired) electrons. The number of aliphatic hydroxyl groups excluding tert-OH is 1. The Labute approximate surface area is 166 Å². The quantitative estimate of drug-likeness (QED) is 0.503. The zero-order valence-electron chi connectivity index (χ0n) is 16.3. The summed E-state index contributed by atoms with van der Waals surface area (Å²) in [6.07, 6.45) is 0.954. The summed E-state index contributed by atoms with van der Waals surface area (Å²) in [6, 6.07) is 11.2. The normalized spacial score (nSPS) is 13.9. The van der Waals surface area contributed by atoms with Gasteiger partial charge < -0.3 is 25.5 Å². The molecule has 154 valence electrons. The first-order valence-electron chi connectivity index (χ1n) is 9.02. The highest BCUT2D eigenvalue weighted by Gasteiger charge is 2.17. The smallest absolute Gasteiger partial charge is 0.179 e. The van der Waals surface area contributed by atoms with Crippen molar-refractivity contribution in [2.45, 2.75) is 30.4 Å². The molecule has 2 rings (SSSR count). The molecule has 2 aromatic carbocycles. The fraction of sp³-hybridized carbons (Fsp3) is 0.400. The van der Waals surface area contributed by atoms with Crippen LogP contribution in [0.5, 0.6) is 11.5 Å². The molecule has 0 heterocycles. The molecule has 0 amide bonds. The monoisotopic (exact) mass is 408 g/mol. The maximum atomic E-state index is 11.7. The van der Waals surface area contributed by atoms with E-state index in [1.54, 1.807) is 12.1 Å². The first-order chi connectivity index (χ1) is 13.1. The van der Waals surface area contributed by atoms with Gasteiger partial charge in [0, 0.05) is 38.1 Å². The summed E-state index contributed by atoms with van der Waals surface area (Å²) in [5.41, 5.74) is 1.43. The molecule has 8 heteroatoms. The van der Waals surface area contributed by atoms with E-state index >= 15 is 0 Å². The molecule has 28 heavy (non-hydrogen) atoms. The molecule has 0 spiro atoms. The van der Waals surface area contributed by atoms with Crippen LogP contribution in [0.15, 0.2) is 47.4 Å². The van der Waals surface area contributed by atoms with Gasteiger partial charge in [-0.05, 0) is 55.3 Å². The molecular formula is C20H28N2O5S. The fourth-order valence-corrected chi connectivity index (χ4v) is 3.59. The standard InChI is InChI=1S/C20H28N2O5S/c1-14(10-11-22(2)16-5-7-17(23)8-6-16)21-13-19(25)15-4-9-18(24)20(12-15)28(3,26)27/h4-9,12,14,19,21,23-25H,10-11,13H2,1-3H3. The van der Waals surface area contributed by atoms with Gasteiger partial charge in [0.05, 0.1) is 6.10 Å². The molecular weight excluding hydrogens is 380 g/mol. The zero-order valence-corrected chi connectivity index (χ0v) is 17.1. The molecule has 0 fully saturated rings. The molecule has 4 N–H and O–H groups in total. The second-order valence-corrected chi connectivity index (χ2v) is 9.04. The Morgan fingerprint density at radius 3 is 2.36 bits per heavy atom. The van der Waals surface area contributed by atoms with Gasteiger partial charge >= 0.3 is 0 Å². The van der Waals surface area contributed by atoms with E-state index in [0.717, 1.165) is 24.9 Å². The van der Waals surface area contributed by atoms with Gasteiger partial charge in [0.25, 0.3) is 0 Å². The van der Waals surface area contributed by atoms with Crippen molar-refractivity contribution >= 4 is 15.5 Å². The number of hydrogen-bond donors (Lipinski definition) is 4. The molecule has 2 unspecified atom stereocenters. The Balaban J connectivity index is 1.87. The van der Waals surface area contributed by atoms with Crippen LogP contribution in [-0.4, -0.2) is 56.2 Å². The fourth-order valence-electron chi connectivity index (χ4n) is 2.79. The summed E-state index contributed by atoms with van der Waals surface area (Å²) >= 11 is 0. The van der Waals surface area contributed by atoms with Crippen molar-refractivity contribution in [2.24, 2.45) is 0 Å². The van der Waals surface area contributed by atoms with Crippen molar-refractivity contribution < 1.29 is 23.7 Å². The highest BCUT2D eigenvalue weighted by molar-refractivity contribution is 7.90. The first-order valence-corrected chi connectivity index (χ1v) is 10.9. The van der Waals surface area contributed by atoms with Crippen LogP contribution in [0.3, 0.4) is 0 Å². The number of sulfone groups is 1. The lowest BCUT2D eigenvalue weighted by molar-refractivity contribution is 0.170. The number of nitrogens with zero attached hydrogens (tertiary/aromatic N) is 1. The Morgan fingerprint density at radius 1 is 1.11 bits per heavy atom. The summed E-state index contributed by atoms with van der Waals surface area (Å²) in [7, 11) is -1.60. The lowest BCUT2D eigenvalue weighted by Crippen LogP contribution is -2.33. The third kappa shape index (κ3) is 6.12. The van der Waals surface area contributed by atoms with Crippen LogP contribution in [0.4, 0.5) is 5.69 Å². The highest BCUT2D eigenvalue weighted by Crippen LogP contribution is 2.26. The van der Waals surface area contributed by atoms with E-state index < -0.39 is 15.9 Å². The Morgan fingerprint density at radius 2 is 1.75 bits per heavy atom. The summed E-state index contributed by atoms with van der Waals surface area (Å²) in [6.45, 7) is 3.06. The van der Waals surface area contributed by atoms with Gasteiger partial charge in [0.1, 0.15) is 16.4 Å². The number of phenolic OH excluding ortho intramolecular Hbond substituents is 2. The van der Waals surface area contributed by atoms with Crippen molar-refractivity contribution in [3.8, 4) is 11.5 Å². The molecule has 7 nitrogen and oxygen atoms in total. The van der Waals surface area contributed by atoms with Crippen molar-refractivity contribution in [1.29, 1.82) is 0 Å². The lowest BCUT2D eigenvalue weighted by atomic mass is 10.1. The predicted molar refractivity (Wildman–Crippen MR) is 110 cm³/mol. The molecule has 0 saturated heterocycles. The number of anilines is 1. The number of rotatable bonds is 9. The maximum Gasteiger partial charge on any atom is 0.179 e. The van der Waals surface area contributed by atoms with Crippen LogP contribution in [0.2, 0.25) is 0 Å². The van der Waals surface area contributed by atoms with Crippen LogP contribution in [0.1, 0.15) is 25.0 Å². The Bertz CT molecular complexity index is 884. The number of benzene rings is 2. The maximum absolute atomic E-state index is 11.7. The Kier molecular flexibility index (Phi) is 7.29. The van der Waals surface area contributed by atoms with E-state index in [1.807, 2.05) is 26.1 Å². The van der Waals surface area contributed by atoms with E-state index in [4.69, 9.17) is 0 Å². The highest BCUT2D eigenvalue weighted by atomic mass is 32.2. The minimum atomic E-state index is -3.57. The Hall–Kier alpha value is -2.29. The summed E-state index contributed by atoms with van der Waals surface area (Å²) in [4.78, 5) is 1.89. The molecule has 2 aromatic rings. The summed E-state index contributed by atoms with van der Waals surface area (Å²) in [5.74, 6) is -0.0912. The largest absolute Gasteiger partial charge is 0.508 e. The number of nitrogens with one attached hydrogen (secondary N) is 1. The van der Waals surface area contributed by atoms with Gasteiger partial charge in [0.2, 0.25) is 0 Å². The van der Waals surface area contributed by atoms with Gasteiger partial charge in [-0.3, -0.25) is 0 Å². The summed E-state index contributed by atoms with van der Waals surface area (Å²) < 4.78 is 23.4. The topological polar surface area (TPSA) is 110 Å². The number of aromatic hydroxyl groups is 2. The SMILES string of the molecule is CC(CCN(C)c1ccc(O)cc1)NCC(O)c1ccc(O)c(S(C)(=O)=O)c1. The van der Waals surface area contributed by atoms with E-state index in [-0.39, 0.29) is 29.0 Å². The number of hydrogen-bond acceptors (Lipinski definition) is 7. The van der Waals surface area contributed by atoms with E-state index in [1.165, 1.54) is 18.2 Å². The van der Waals surface area contributed by atoms with Crippen LogP contribution >= 0.6 is 0 Å². The molecule has 0 aliphatic carbocycles. The van der Waals surface area contributed by atoms with Crippen LogP contribution < -0.4 is 10.2 Å². The first kappa shape index (κ1) is 22.0. The molecule has 0 saturated carbocycles. The average molecular weight is 409 g/mol. The zero-order chi connectivity index (χ0) is 20.9. The van der Waals surface area contributed by atoms with E-state index in [2.05, 4.69) is 10.2 Å². The van der Waals surface area contributed by atoms with Crippen molar-refractivity contribution in [2.75, 3.05) is 31.3 Å². The van der Waals surface area contributed by atoms with Crippen LogP contribution in [-0.2, 0) is 9.84 Å². The van der Waals surface area contributed by atoms with E-state index in [0.29, 0.717) is 5.56 Å². The second-order valence-electron chi connectivity index (χ2n) is 7.05. The predicted octanol–water partition coefficient (Wildman–Crippen LogP) is 2.04. The van der Waals surface area contributed by atoms with Gasteiger partial charge in [-0.25, -0.2) is 8.42 Å². The lowest BCUT2D eigenvalue weighted by Gasteiger charge is -2.23. The van der Waals surface area contributed by atoms with Crippen molar-refractivity contribution in [1.82, 2.24) is 5.32 Å². The minimum absolute atomic E-state index is 0.126. The van der Waals surface area contributed by atoms with Gasteiger partial charge in [-0.2, -0.15) is 0 Å². The third-order valence-corrected chi connectivity index (χ3v) is 5.74. The minimum Gasteiger partial charge on any atom is -0.508 e. The van der Waals surface area contributed by atoms with Crippen molar-refractivity contribution in [3.63, 3.8) is 0 Å². The van der Waals surface area contributed by atoms with E-state index in [9.17, 15) is 23.7 Å². The second kappa shape index (κ2) is 9.27. The van der Waals surface area contributed by atoms with Gasteiger partial charge in [-0.15, -0.1) is 0 Å². The summed E-state index contributed by atoms with van der Waals surface area (Å²) in [5, 5.41) is 32.7. The number of phenols is 2. The molecule has 0 aromatic heterocycles. The van der Waals surface area contributed by atoms with Crippen LogP contribution in [0, 0.1) is 0 Å². The molecule has 0 aliphatic heterocycles. The number of aliphatic hydroxyl groups is 1. The molecule has 2 atom stereocenters. The van der Waals surface area contributed by atoms with Crippen molar-refractivity contribution in [3.05, 3.63) is 48.0 Å². The molecule has 0 bridgehead atoms. The van der Waals surface area contributed by atoms with Gasteiger partial charge in [0.15, 0.2) is 9.84 Å². The average Bonchev–Trinajstić information content (AvgIpc) is 2.64. The van der Waals surface area contributed by atoms with Gasteiger partial charge in [-0.1, -0.05) is 6.07 Å².